The molecule has 0 spiro atoms. The van der Waals surface area contributed by atoms with Crippen LogP contribution < -0.4 is 10.1 Å². The van der Waals surface area contributed by atoms with E-state index in [-0.39, 0.29) is 0 Å². The molecule has 4 aromatic heterocycles. The van der Waals surface area contributed by atoms with Crippen LogP contribution in [0.4, 0.5) is 11.4 Å². The maximum atomic E-state index is 4.91. The van der Waals surface area contributed by atoms with E-state index in [1.165, 1.54) is 60.8 Å². The van der Waals surface area contributed by atoms with Gasteiger partial charge in [0.1, 0.15) is 5.65 Å². The lowest BCUT2D eigenvalue weighted by atomic mass is 9.95. The molecule has 0 unspecified atom stereocenters. The number of imidazole rings is 1. The Balaban J connectivity index is 1.14. The summed E-state index contributed by atoms with van der Waals surface area (Å²) in [4.78, 5) is 2.46. The van der Waals surface area contributed by atoms with Crippen LogP contribution in [0.25, 0.3) is 83.7 Å². The molecule has 0 saturated heterocycles. The number of rotatable bonds is 6. The average molecular weight is 769 g/mol. The van der Waals surface area contributed by atoms with Gasteiger partial charge >= 0.3 is 0 Å². The molecule has 60 heavy (non-hydrogen) atoms. The molecule has 4 nitrogen and oxygen atoms in total. The summed E-state index contributed by atoms with van der Waals surface area (Å²) < 4.78 is 7.25. The molecule has 0 atom stereocenters. The van der Waals surface area contributed by atoms with Gasteiger partial charge in [-0.25, -0.2) is 0 Å². The van der Waals surface area contributed by atoms with Crippen LogP contribution in [0.2, 0.25) is 0 Å². The molecule has 0 aliphatic heterocycles. The Morgan fingerprint density at radius 2 is 1.08 bits per heavy atom. The number of hydrogen-bond acceptors (Lipinski definition) is 1. The number of anilines is 2. The Morgan fingerprint density at radius 3 is 1.82 bits per heavy atom. The molecular weight excluding hydrogens is 729 g/mol. The number of nitrogens with zero attached hydrogens (tertiary/aromatic N) is 4. The van der Waals surface area contributed by atoms with Crippen molar-refractivity contribution in [2.75, 3.05) is 4.90 Å². The van der Waals surface area contributed by atoms with Crippen molar-refractivity contribution in [3.8, 4) is 16.8 Å². The van der Waals surface area contributed by atoms with Crippen LogP contribution in [-0.4, -0.2) is 13.4 Å². The zero-order chi connectivity index (χ0) is 39.7. The fourth-order valence-electron chi connectivity index (χ4n) is 9.73. The van der Waals surface area contributed by atoms with E-state index in [9.17, 15) is 0 Å². The van der Waals surface area contributed by atoms with E-state index in [1.54, 1.807) is 0 Å². The van der Waals surface area contributed by atoms with Crippen molar-refractivity contribution < 1.29 is 0 Å². The van der Waals surface area contributed by atoms with E-state index in [0.29, 0.717) is 0 Å². The highest BCUT2D eigenvalue weighted by atomic mass is 15.2. The maximum Gasteiger partial charge on any atom is 0.131 e. The van der Waals surface area contributed by atoms with Gasteiger partial charge in [-0.3, -0.25) is 8.80 Å². The second kappa shape index (κ2) is 13.6. The van der Waals surface area contributed by atoms with Crippen LogP contribution in [0.1, 0.15) is 18.4 Å². The lowest BCUT2D eigenvalue weighted by molar-refractivity contribution is 0.930. The highest BCUT2D eigenvalue weighted by Gasteiger charge is 2.25. The van der Waals surface area contributed by atoms with Crippen LogP contribution >= 0.6 is 0 Å². The van der Waals surface area contributed by atoms with Gasteiger partial charge in [-0.1, -0.05) is 140 Å². The summed E-state index contributed by atoms with van der Waals surface area (Å²) in [7, 11) is 0. The molecule has 12 rings (SSSR count). The summed E-state index contributed by atoms with van der Waals surface area (Å²) in [5.74, 6) is 0. The monoisotopic (exact) mass is 768 g/mol. The highest BCUT2D eigenvalue weighted by Crippen LogP contribution is 2.43. The van der Waals surface area contributed by atoms with E-state index in [1.807, 2.05) is 0 Å². The number of allylic oxidation sites excluding steroid dienone is 4. The van der Waals surface area contributed by atoms with Crippen molar-refractivity contribution in [1.82, 2.24) is 13.4 Å². The van der Waals surface area contributed by atoms with Gasteiger partial charge in [-0.2, -0.15) is 0 Å². The van der Waals surface area contributed by atoms with Crippen LogP contribution in [0.15, 0.2) is 212 Å². The molecule has 0 radical (unpaired) electrons. The van der Waals surface area contributed by atoms with E-state index in [2.05, 4.69) is 225 Å². The maximum absolute atomic E-state index is 4.91. The molecular formula is C56H40N4. The van der Waals surface area contributed by atoms with Crippen LogP contribution in [0, 0.1) is 0 Å². The van der Waals surface area contributed by atoms with Crippen molar-refractivity contribution in [2.24, 2.45) is 0 Å². The molecule has 0 N–H and O–H groups in total. The summed E-state index contributed by atoms with van der Waals surface area (Å²) in [5, 5.41) is 5.77. The van der Waals surface area contributed by atoms with E-state index in [4.69, 9.17) is 6.58 Å². The second-order valence-electron chi connectivity index (χ2n) is 15.8. The summed E-state index contributed by atoms with van der Waals surface area (Å²) in [6.07, 6.45) is 8.76. The third kappa shape index (κ3) is 5.24. The molecule has 4 heteroatoms. The van der Waals surface area contributed by atoms with Gasteiger partial charge in [0.05, 0.1) is 27.6 Å². The smallest absolute Gasteiger partial charge is 0.131 e. The third-order valence-corrected chi connectivity index (χ3v) is 12.5. The van der Waals surface area contributed by atoms with E-state index in [0.717, 1.165) is 57.1 Å². The Labute approximate surface area is 347 Å². The molecule has 1 aliphatic carbocycles. The Bertz CT molecular complexity index is 3590. The van der Waals surface area contributed by atoms with Gasteiger partial charge in [0, 0.05) is 55.7 Å². The van der Waals surface area contributed by atoms with Crippen molar-refractivity contribution in [3.63, 3.8) is 0 Å². The first kappa shape index (κ1) is 34.2. The first-order chi connectivity index (χ1) is 29.7. The molecule has 7 aromatic carbocycles. The second-order valence-corrected chi connectivity index (χ2v) is 15.8. The molecule has 0 saturated carbocycles. The van der Waals surface area contributed by atoms with Gasteiger partial charge in [0.2, 0.25) is 0 Å². The lowest BCUT2D eigenvalue weighted by Gasteiger charge is -2.30. The first-order valence-corrected chi connectivity index (χ1v) is 20.8. The predicted molar refractivity (Wildman–Crippen MR) is 253 cm³/mol. The summed E-state index contributed by atoms with van der Waals surface area (Å²) in [6.45, 7) is 4.91. The number of hydrogen-bond donors (Lipinski definition) is 0. The zero-order valence-electron chi connectivity index (χ0n) is 33.0. The summed E-state index contributed by atoms with van der Waals surface area (Å²) >= 11 is 0. The number of para-hydroxylation sites is 3. The standard InChI is InChI=1S/C56H40N4/c1-38-47-21-11-13-23-50(47)57(43-19-9-4-10-20-43)36-35-49-54-48-22-12-14-24-51(48)59-52-34-33-46(37-53(52)60(55(38)49)56(54)59)58(44-29-25-41(26-30-44)39-15-5-2-6-16-39)45-31-27-42(28-32-45)40-17-7-3-8-18-40/h2-27,29-31,33-37H,1,28,32H2. The normalized spacial score (nSPS) is 13.1. The number of fused-ring (bicyclic) bond motifs is 10. The van der Waals surface area contributed by atoms with Gasteiger partial charge in [-0.05, 0) is 102 Å². The number of aromatic nitrogens is 3. The van der Waals surface area contributed by atoms with Crippen molar-refractivity contribution in [1.29, 1.82) is 0 Å². The van der Waals surface area contributed by atoms with Gasteiger partial charge in [-0.15, -0.1) is 0 Å². The SMILES string of the molecule is C=c1c2ccccc2n(-c2ccccc2)ccc2c3c4ccccc4n4c5ccc(N(C6=CC=C(c7ccccc7)CC6)c6ccc(-c7ccccc7)cc6)cc5n(c12)c34. The molecule has 0 bridgehead atoms. The fraction of sp³-hybridized carbons (Fsp3) is 0.0357. The Kier molecular flexibility index (Phi) is 7.79. The molecule has 284 valence electrons. The molecule has 0 fully saturated rings. The molecule has 1 aliphatic rings. The largest absolute Gasteiger partial charge is 0.317 e. The number of benzene rings is 7. The topological polar surface area (TPSA) is 17.0 Å². The van der Waals surface area contributed by atoms with Crippen molar-refractivity contribution in [2.45, 2.75) is 12.8 Å². The van der Waals surface area contributed by atoms with Crippen LogP contribution in [-0.2, 0) is 0 Å². The van der Waals surface area contributed by atoms with E-state index >= 15 is 0 Å². The Hall–Kier alpha value is -7.82. The van der Waals surface area contributed by atoms with Crippen molar-refractivity contribution >= 4 is 78.3 Å². The lowest BCUT2D eigenvalue weighted by Crippen LogP contribution is -2.18. The predicted octanol–water partition coefficient (Wildman–Crippen LogP) is 13.9. The molecule has 0 amide bonds. The molecule has 11 aromatic rings. The van der Waals surface area contributed by atoms with Gasteiger partial charge in [0.25, 0.3) is 0 Å². The molecule has 4 heterocycles. The minimum Gasteiger partial charge on any atom is -0.317 e. The van der Waals surface area contributed by atoms with Gasteiger partial charge < -0.3 is 9.47 Å². The quantitative estimate of drug-likeness (QED) is 0.165. The third-order valence-electron chi connectivity index (χ3n) is 12.5. The zero-order valence-corrected chi connectivity index (χ0v) is 33.0. The highest BCUT2D eigenvalue weighted by molar-refractivity contribution is 6.24. The van der Waals surface area contributed by atoms with Crippen molar-refractivity contribution in [3.05, 3.63) is 223 Å². The minimum atomic E-state index is 0.919. The van der Waals surface area contributed by atoms with Crippen LogP contribution in [0.5, 0.6) is 0 Å². The summed E-state index contributed by atoms with van der Waals surface area (Å²) in [5.41, 5.74) is 16.6. The van der Waals surface area contributed by atoms with E-state index < -0.39 is 0 Å². The summed E-state index contributed by atoms with van der Waals surface area (Å²) in [6, 6.07) is 67.9. The first-order valence-electron chi connectivity index (χ1n) is 20.8. The average Bonchev–Trinajstić information content (AvgIpc) is 3.94. The minimum absolute atomic E-state index is 0.919. The Morgan fingerprint density at radius 1 is 0.450 bits per heavy atom. The van der Waals surface area contributed by atoms with Gasteiger partial charge in [0.15, 0.2) is 0 Å². The fourth-order valence-corrected chi connectivity index (χ4v) is 9.73. The van der Waals surface area contributed by atoms with Crippen LogP contribution in [0.3, 0.4) is 0 Å².